The van der Waals surface area contributed by atoms with Crippen molar-refractivity contribution >= 4 is 23.1 Å². The number of carbonyl (C=O) groups is 4. The lowest BCUT2D eigenvalue weighted by atomic mass is 10.0. The van der Waals surface area contributed by atoms with Crippen molar-refractivity contribution in [1.82, 2.24) is 0 Å². The van der Waals surface area contributed by atoms with E-state index in [1.807, 2.05) is 24.3 Å². The Kier molecular flexibility index (Phi) is 25.8. The second kappa shape index (κ2) is 28.7. The lowest BCUT2D eigenvalue weighted by Gasteiger charge is -2.02. The van der Waals surface area contributed by atoms with Gasteiger partial charge in [0.25, 0.3) is 0 Å². The maximum absolute atomic E-state index is 12.0. The van der Waals surface area contributed by atoms with Gasteiger partial charge in [0.1, 0.15) is 0 Å². The Balaban J connectivity index is 2.32. The van der Waals surface area contributed by atoms with Crippen LogP contribution in [0.15, 0.2) is 48.6 Å². The fraction of sp³-hybridized carbons (Fsp3) is 0.684. The van der Waals surface area contributed by atoms with Gasteiger partial charge in [-0.1, -0.05) is 101 Å². The molecule has 0 heterocycles. The maximum Gasteiger partial charge on any atom is 0.155 e. The van der Waals surface area contributed by atoms with E-state index in [1.54, 1.807) is 24.3 Å². The molecule has 1 rings (SSSR count). The molecule has 1 aliphatic carbocycles. The predicted molar refractivity (Wildman–Crippen MR) is 177 cm³/mol. The monoisotopic (exact) mass is 580 g/mol. The molecule has 42 heavy (non-hydrogen) atoms. The van der Waals surface area contributed by atoms with Crippen LogP contribution in [0.5, 0.6) is 0 Å². The van der Waals surface area contributed by atoms with E-state index in [0.29, 0.717) is 25.7 Å². The molecule has 0 aliphatic heterocycles. The molecular formula is C38H60O4. The third-order valence-electron chi connectivity index (χ3n) is 7.89. The highest BCUT2D eigenvalue weighted by Gasteiger charge is 2.01. The highest BCUT2D eigenvalue weighted by Crippen LogP contribution is 2.13. The number of carbonyl (C=O) groups excluding carboxylic acids is 4. The lowest BCUT2D eigenvalue weighted by Crippen LogP contribution is -1.93. The van der Waals surface area contributed by atoms with Crippen molar-refractivity contribution in [3.8, 4) is 0 Å². The molecule has 0 amide bonds. The van der Waals surface area contributed by atoms with Crippen LogP contribution in [0.25, 0.3) is 0 Å². The highest BCUT2D eigenvalue weighted by molar-refractivity contribution is 5.90. The Hall–Kier alpha value is -2.36. The molecule has 0 saturated heterocycles. The van der Waals surface area contributed by atoms with Gasteiger partial charge in [-0.05, 0) is 88.5 Å². The Morgan fingerprint density at radius 2 is 0.452 bits per heavy atom. The number of rotatable bonds is 0. The van der Waals surface area contributed by atoms with Gasteiger partial charge in [0.15, 0.2) is 23.1 Å². The minimum Gasteiger partial charge on any atom is -0.295 e. The first-order chi connectivity index (χ1) is 20.6. The average Bonchev–Trinajstić information content (AvgIpc) is 2.97. The molecule has 0 spiro atoms. The lowest BCUT2D eigenvalue weighted by molar-refractivity contribution is -0.115. The highest BCUT2D eigenvalue weighted by atomic mass is 16.1. The predicted octanol–water partition coefficient (Wildman–Crippen LogP) is 10.6. The zero-order valence-electron chi connectivity index (χ0n) is 26.6. The van der Waals surface area contributed by atoms with Crippen LogP contribution >= 0.6 is 0 Å². The van der Waals surface area contributed by atoms with Gasteiger partial charge in [-0.15, -0.1) is 0 Å². The van der Waals surface area contributed by atoms with Crippen LogP contribution in [0, 0.1) is 0 Å². The van der Waals surface area contributed by atoms with E-state index < -0.39 is 0 Å². The molecule has 0 radical (unpaired) electrons. The Labute approximate surface area is 257 Å². The quantitative estimate of drug-likeness (QED) is 0.286. The summed E-state index contributed by atoms with van der Waals surface area (Å²) in [6, 6.07) is 0. The molecule has 0 N–H and O–H groups in total. The molecule has 0 fully saturated rings. The van der Waals surface area contributed by atoms with Gasteiger partial charge >= 0.3 is 0 Å². The number of ketones is 4. The molecule has 4 heteroatoms. The number of hydrogen-bond acceptors (Lipinski definition) is 4. The first-order valence-electron chi connectivity index (χ1n) is 17.4. The van der Waals surface area contributed by atoms with Gasteiger partial charge in [-0.25, -0.2) is 0 Å². The molecule has 0 aromatic rings. The van der Waals surface area contributed by atoms with Crippen LogP contribution in [-0.2, 0) is 19.2 Å². The summed E-state index contributed by atoms with van der Waals surface area (Å²) in [5.41, 5.74) is 0. The number of allylic oxidation sites excluding steroid dienone is 8. The Morgan fingerprint density at radius 1 is 0.262 bits per heavy atom. The molecule has 4 nitrogen and oxygen atoms in total. The molecule has 0 aromatic carbocycles. The van der Waals surface area contributed by atoms with Crippen molar-refractivity contribution in [1.29, 1.82) is 0 Å². The zero-order valence-corrected chi connectivity index (χ0v) is 26.6. The van der Waals surface area contributed by atoms with Crippen molar-refractivity contribution in [2.75, 3.05) is 0 Å². The van der Waals surface area contributed by atoms with E-state index in [1.165, 1.54) is 51.4 Å². The topological polar surface area (TPSA) is 68.3 Å². The van der Waals surface area contributed by atoms with E-state index in [0.717, 1.165) is 89.9 Å². The summed E-state index contributed by atoms with van der Waals surface area (Å²) < 4.78 is 0. The van der Waals surface area contributed by atoms with Crippen molar-refractivity contribution < 1.29 is 19.2 Å². The van der Waals surface area contributed by atoms with Gasteiger partial charge in [0, 0.05) is 25.7 Å². The van der Waals surface area contributed by atoms with Gasteiger partial charge < -0.3 is 0 Å². The van der Waals surface area contributed by atoms with Crippen molar-refractivity contribution in [2.24, 2.45) is 0 Å². The molecular weight excluding hydrogens is 520 g/mol. The maximum atomic E-state index is 12.0. The van der Waals surface area contributed by atoms with E-state index in [-0.39, 0.29) is 23.1 Å². The summed E-state index contributed by atoms with van der Waals surface area (Å²) in [5, 5.41) is 0. The minimum atomic E-state index is 0.224. The fourth-order valence-corrected chi connectivity index (χ4v) is 5.22. The van der Waals surface area contributed by atoms with Crippen molar-refractivity contribution in [3.05, 3.63) is 48.6 Å². The van der Waals surface area contributed by atoms with E-state index in [2.05, 4.69) is 0 Å². The second-order valence-electron chi connectivity index (χ2n) is 12.0. The van der Waals surface area contributed by atoms with Crippen LogP contribution < -0.4 is 0 Å². The van der Waals surface area contributed by atoms with Crippen LogP contribution in [0.2, 0.25) is 0 Å². The van der Waals surface area contributed by atoms with E-state index in [4.69, 9.17) is 0 Å². The Morgan fingerprint density at radius 3 is 0.667 bits per heavy atom. The largest absolute Gasteiger partial charge is 0.295 e. The summed E-state index contributed by atoms with van der Waals surface area (Å²) in [4.78, 5) is 48.2. The van der Waals surface area contributed by atoms with Gasteiger partial charge in [-0.2, -0.15) is 0 Å². The van der Waals surface area contributed by atoms with Crippen LogP contribution in [0.3, 0.4) is 0 Å². The molecule has 0 aromatic heterocycles. The number of hydrogen-bond donors (Lipinski definition) is 0. The summed E-state index contributed by atoms with van der Waals surface area (Å²) in [5.74, 6) is 0.896. The van der Waals surface area contributed by atoms with Crippen LogP contribution in [0.4, 0.5) is 0 Å². The molecule has 0 saturated carbocycles. The first kappa shape index (κ1) is 37.7. The van der Waals surface area contributed by atoms with E-state index >= 15 is 0 Å². The standard InChI is InChI=1S/C38H60O4/c39-35-27-19-11-5-1-2-6-12-20-28-36(40)32-24-16-10-18-26-34-38(42)30-22-14-8-4-3-7-13-21-29-37(41)33-25-17-9-15-23-31-35/h23-26,31-34H,1-22,27-30H2/b31-23+,32-24+,33-25+,34-26+. The molecule has 0 bridgehead atoms. The summed E-state index contributed by atoms with van der Waals surface area (Å²) in [7, 11) is 0. The normalized spacial score (nSPS) is 24.6. The molecule has 1 aliphatic rings. The van der Waals surface area contributed by atoms with Crippen LogP contribution in [-0.4, -0.2) is 23.1 Å². The average molecular weight is 581 g/mol. The third-order valence-corrected chi connectivity index (χ3v) is 7.89. The fourth-order valence-electron chi connectivity index (χ4n) is 5.22. The second-order valence-corrected chi connectivity index (χ2v) is 12.0. The summed E-state index contributed by atoms with van der Waals surface area (Å²) in [6.07, 6.45) is 40.6. The minimum absolute atomic E-state index is 0.224. The zero-order chi connectivity index (χ0) is 30.4. The smallest absolute Gasteiger partial charge is 0.155 e. The third kappa shape index (κ3) is 26.5. The van der Waals surface area contributed by atoms with E-state index in [9.17, 15) is 19.2 Å². The van der Waals surface area contributed by atoms with Crippen molar-refractivity contribution in [2.45, 2.75) is 167 Å². The molecule has 236 valence electrons. The van der Waals surface area contributed by atoms with Gasteiger partial charge in [-0.3, -0.25) is 19.2 Å². The summed E-state index contributed by atoms with van der Waals surface area (Å²) in [6.45, 7) is 0. The van der Waals surface area contributed by atoms with Gasteiger partial charge in [0.2, 0.25) is 0 Å². The van der Waals surface area contributed by atoms with Gasteiger partial charge in [0.05, 0.1) is 0 Å². The van der Waals surface area contributed by atoms with Crippen molar-refractivity contribution in [3.63, 3.8) is 0 Å². The molecule has 0 unspecified atom stereocenters. The summed E-state index contributed by atoms with van der Waals surface area (Å²) >= 11 is 0. The molecule has 0 atom stereocenters. The Bertz CT molecular complexity index is 707. The van der Waals surface area contributed by atoms with Crippen LogP contribution in [0.1, 0.15) is 167 Å². The SMILES string of the molecule is O=C1/C=C/CCC/C=C/C(=O)CCCCCCCCCCC(=O)/C=C/CCC/C=C/C(=O)CCCCCCCCCC1. The first-order valence-corrected chi connectivity index (χ1v) is 17.4.